The van der Waals surface area contributed by atoms with Gasteiger partial charge in [-0.05, 0) is 48.5 Å². The predicted molar refractivity (Wildman–Crippen MR) is 98.5 cm³/mol. The molecule has 3 nitrogen and oxygen atoms in total. The highest BCUT2D eigenvalue weighted by molar-refractivity contribution is 6.34. The van der Waals surface area contributed by atoms with E-state index in [1.807, 2.05) is 53.2 Å². The van der Waals surface area contributed by atoms with Gasteiger partial charge in [0.05, 0.1) is 17.6 Å². The smallest absolute Gasteiger partial charge is 0.0712 e. The molecule has 0 spiro atoms. The van der Waals surface area contributed by atoms with Gasteiger partial charge < -0.3 is 4.57 Å². The van der Waals surface area contributed by atoms with Gasteiger partial charge in [0.2, 0.25) is 0 Å². The van der Waals surface area contributed by atoms with E-state index >= 15 is 0 Å². The van der Waals surface area contributed by atoms with Crippen molar-refractivity contribution in [1.82, 2.24) is 4.57 Å². The van der Waals surface area contributed by atoms with Crippen LogP contribution in [0.25, 0.3) is 5.69 Å². The summed E-state index contributed by atoms with van der Waals surface area (Å²) in [5.41, 5.74) is 5.52. The second-order valence-electron chi connectivity index (χ2n) is 4.81. The number of rotatable bonds is 4. The molecule has 0 radical (unpaired) electrons. The van der Waals surface area contributed by atoms with Crippen LogP contribution in [0.4, 0.5) is 5.69 Å². The van der Waals surface area contributed by atoms with Crippen molar-refractivity contribution in [2.24, 2.45) is 5.10 Å². The zero-order valence-corrected chi connectivity index (χ0v) is 14.1. The summed E-state index contributed by atoms with van der Waals surface area (Å²) in [6.07, 6.45) is 3.64. The van der Waals surface area contributed by atoms with Crippen LogP contribution in [0, 0.1) is 0 Å². The molecule has 0 unspecified atom stereocenters. The number of nitrogens with one attached hydrogen (secondary N) is 1. The zero-order chi connectivity index (χ0) is 16.2. The van der Waals surface area contributed by atoms with Crippen LogP contribution >= 0.6 is 34.8 Å². The summed E-state index contributed by atoms with van der Waals surface area (Å²) in [5.74, 6) is 0. The van der Waals surface area contributed by atoms with Gasteiger partial charge in [-0.15, -0.1) is 0 Å². The van der Waals surface area contributed by atoms with E-state index < -0.39 is 0 Å². The highest BCUT2D eigenvalue weighted by Crippen LogP contribution is 2.23. The summed E-state index contributed by atoms with van der Waals surface area (Å²) in [6.45, 7) is 0. The van der Waals surface area contributed by atoms with Gasteiger partial charge in [0, 0.05) is 27.0 Å². The molecule has 116 valence electrons. The summed E-state index contributed by atoms with van der Waals surface area (Å²) in [7, 11) is 0. The van der Waals surface area contributed by atoms with Crippen LogP contribution in [0.2, 0.25) is 15.1 Å². The van der Waals surface area contributed by atoms with Crippen molar-refractivity contribution in [2.75, 3.05) is 5.43 Å². The molecule has 0 aliphatic heterocycles. The van der Waals surface area contributed by atoms with E-state index in [9.17, 15) is 0 Å². The van der Waals surface area contributed by atoms with Crippen LogP contribution in [-0.2, 0) is 0 Å². The second kappa shape index (κ2) is 7.09. The molecule has 0 aliphatic rings. The summed E-state index contributed by atoms with van der Waals surface area (Å²) in [4.78, 5) is 0. The van der Waals surface area contributed by atoms with Crippen molar-refractivity contribution in [1.29, 1.82) is 0 Å². The molecule has 3 aromatic rings. The average molecular weight is 365 g/mol. The monoisotopic (exact) mass is 363 g/mol. The maximum absolute atomic E-state index is 6.06. The minimum atomic E-state index is 0.584. The van der Waals surface area contributed by atoms with Crippen LogP contribution < -0.4 is 5.43 Å². The first-order valence-corrected chi connectivity index (χ1v) is 7.94. The van der Waals surface area contributed by atoms with E-state index in [-0.39, 0.29) is 0 Å². The minimum Gasteiger partial charge on any atom is -0.315 e. The van der Waals surface area contributed by atoms with Gasteiger partial charge >= 0.3 is 0 Å². The Morgan fingerprint density at radius 1 is 0.870 bits per heavy atom. The maximum Gasteiger partial charge on any atom is 0.0712 e. The number of hydrogen-bond donors (Lipinski definition) is 1. The third kappa shape index (κ3) is 4.08. The van der Waals surface area contributed by atoms with Crippen molar-refractivity contribution >= 4 is 46.7 Å². The minimum absolute atomic E-state index is 0.584. The highest BCUT2D eigenvalue weighted by atomic mass is 35.5. The number of halogens is 3. The first kappa shape index (κ1) is 15.9. The van der Waals surface area contributed by atoms with Gasteiger partial charge in [0.25, 0.3) is 0 Å². The Morgan fingerprint density at radius 2 is 1.65 bits per heavy atom. The van der Waals surface area contributed by atoms with Crippen molar-refractivity contribution in [2.45, 2.75) is 0 Å². The van der Waals surface area contributed by atoms with Crippen LogP contribution in [0.15, 0.2) is 65.9 Å². The first-order chi connectivity index (χ1) is 11.1. The van der Waals surface area contributed by atoms with Crippen LogP contribution in [-0.4, -0.2) is 10.8 Å². The summed E-state index contributed by atoms with van der Waals surface area (Å²) < 4.78 is 1.95. The van der Waals surface area contributed by atoms with E-state index in [2.05, 4.69) is 10.5 Å². The quantitative estimate of drug-likeness (QED) is 0.454. The molecule has 6 heteroatoms. The Kier molecular flexibility index (Phi) is 4.91. The van der Waals surface area contributed by atoms with Gasteiger partial charge in [0.1, 0.15) is 0 Å². The van der Waals surface area contributed by atoms with Crippen molar-refractivity contribution in [3.63, 3.8) is 0 Å². The summed E-state index contributed by atoms with van der Waals surface area (Å²) >= 11 is 18.1. The number of hydrogen-bond acceptors (Lipinski definition) is 2. The van der Waals surface area contributed by atoms with Crippen molar-refractivity contribution in [3.05, 3.63) is 81.6 Å². The molecule has 23 heavy (non-hydrogen) atoms. The molecule has 1 N–H and O–H groups in total. The molecule has 0 aliphatic carbocycles. The van der Waals surface area contributed by atoms with E-state index in [0.717, 1.165) is 17.1 Å². The largest absolute Gasteiger partial charge is 0.315 e. The Bertz CT molecular complexity index is 836. The number of aromatic nitrogens is 1. The standard InChI is InChI=1S/C17H12Cl3N3/c18-12-3-1-4-15(8-12)22-21-11-16-5-2-6-23(16)17-9-13(19)7-14(20)10-17/h1-11,22H. The average Bonchev–Trinajstić information content (AvgIpc) is 2.95. The lowest BCUT2D eigenvalue weighted by atomic mass is 10.3. The number of hydrazone groups is 1. The Balaban J connectivity index is 1.82. The lowest BCUT2D eigenvalue weighted by molar-refractivity contribution is 1.07. The fourth-order valence-electron chi connectivity index (χ4n) is 2.14. The van der Waals surface area contributed by atoms with E-state index in [4.69, 9.17) is 34.8 Å². The summed E-state index contributed by atoms with van der Waals surface area (Å²) in [6, 6.07) is 16.6. The zero-order valence-electron chi connectivity index (χ0n) is 11.9. The molecule has 1 heterocycles. The van der Waals surface area contributed by atoms with Gasteiger partial charge in [-0.3, -0.25) is 5.43 Å². The Hall–Kier alpha value is -1.94. The fourth-order valence-corrected chi connectivity index (χ4v) is 2.85. The number of anilines is 1. The number of benzene rings is 2. The van der Waals surface area contributed by atoms with E-state index in [1.54, 1.807) is 18.3 Å². The lowest BCUT2D eigenvalue weighted by Gasteiger charge is -2.07. The Morgan fingerprint density at radius 3 is 2.39 bits per heavy atom. The molecule has 0 saturated heterocycles. The molecule has 0 fully saturated rings. The first-order valence-electron chi connectivity index (χ1n) is 6.80. The maximum atomic E-state index is 6.06. The van der Waals surface area contributed by atoms with Gasteiger partial charge in [-0.1, -0.05) is 40.9 Å². The van der Waals surface area contributed by atoms with Crippen molar-refractivity contribution in [3.8, 4) is 5.69 Å². The molecule has 0 atom stereocenters. The van der Waals surface area contributed by atoms with E-state index in [1.165, 1.54) is 0 Å². The van der Waals surface area contributed by atoms with Gasteiger partial charge in [-0.25, -0.2) is 0 Å². The lowest BCUT2D eigenvalue weighted by Crippen LogP contribution is -1.99. The van der Waals surface area contributed by atoms with Crippen LogP contribution in [0.1, 0.15) is 5.69 Å². The molecule has 1 aromatic heterocycles. The van der Waals surface area contributed by atoms with Gasteiger partial charge in [-0.2, -0.15) is 5.10 Å². The van der Waals surface area contributed by atoms with Crippen LogP contribution in [0.3, 0.4) is 0 Å². The van der Waals surface area contributed by atoms with Gasteiger partial charge in [0.15, 0.2) is 0 Å². The summed E-state index contributed by atoms with van der Waals surface area (Å²) in [5, 5.41) is 6.06. The molecule has 0 saturated carbocycles. The third-order valence-electron chi connectivity index (χ3n) is 3.12. The SMILES string of the molecule is Clc1cccc(NN=Cc2cccn2-c2cc(Cl)cc(Cl)c2)c1. The predicted octanol–water partition coefficient (Wildman–Crippen LogP) is 5.88. The molecule has 0 bridgehead atoms. The molecule has 3 rings (SSSR count). The van der Waals surface area contributed by atoms with E-state index in [0.29, 0.717) is 15.1 Å². The second-order valence-corrected chi connectivity index (χ2v) is 6.12. The highest BCUT2D eigenvalue weighted by Gasteiger charge is 2.04. The molecule has 0 amide bonds. The van der Waals surface area contributed by atoms with Crippen LogP contribution in [0.5, 0.6) is 0 Å². The number of nitrogens with zero attached hydrogens (tertiary/aromatic N) is 2. The third-order valence-corrected chi connectivity index (χ3v) is 3.79. The molecule has 2 aromatic carbocycles. The Labute approximate surface area is 149 Å². The fraction of sp³-hybridized carbons (Fsp3) is 0. The normalized spacial score (nSPS) is 11.1. The topological polar surface area (TPSA) is 29.3 Å². The molecular weight excluding hydrogens is 353 g/mol. The molecular formula is C17H12Cl3N3. The van der Waals surface area contributed by atoms with Crippen molar-refractivity contribution < 1.29 is 0 Å².